The second-order valence-corrected chi connectivity index (χ2v) is 9.80. The quantitative estimate of drug-likeness (QED) is 0.205. The molecule has 0 spiro atoms. The molecule has 1 aromatic heterocycles. The molecule has 0 atom stereocenters. The Morgan fingerprint density at radius 1 is 0.947 bits per heavy atom. The van der Waals surface area contributed by atoms with E-state index < -0.39 is 5.97 Å². The van der Waals surface area contributed by atoms with Crippen LogP contribution in [0.3, 0.4) is 0 Å². The van der Waals surface area contributed by atoms with Gasteiger partial charge in [0.1, 0.15) is 23.8 Å². The zero-order chi connectivity index (χ0) is 26.1. The van der Waals surface area contributed by atoms with E-state index in [2.05, 4.69) is 5.16 Å². The molecule has 0 aliphatic carbocycles. The van der Waals surface area contributed by atoms with Crippen molar-refractivity contribution in [1.82, 2.24) is 5.16 Å². The summed E-state index contributed by atoms with van der Waals surface area (Å²) in [6, 6.07) is 24.1. The Labute approximate surface area is 252 Å². The maximum absolute atomic E-state index is 11.5. The average molecular weight is 556 g/mol. The molecule has 38 heavy (non-hydrogen) atoms. The molecule has 5 rings (SSSR count). The fraction of sp³-hybridized carbons (Fsp3) is 0.133. The van der Waals surface area contributed by atoms with E-state index in [0.29, 0.717) is 38.0 Å². The van der Waals surface area contributed by atoms with Gasteiger partial charge < -0.3 is 14.4 Å². The van der Waals surface area contributed by atoms with Gasteiger partial charge in [-0.25, -0.2) is 4.79 Å². The molecule has 0 saturated heterocycles. The monoisotopic (exact) mass is 555 g/mol. The van der Waals surface area contributed by atoms with Crippen LogP contribution in [0.4, 0.5) is 0 Å². The van der Waals surface area contributed by atoms with Crippen molar-refractivity contribution in [3.63, 3.8) is 0 Å². The van der Waals surface area contributed by atoms with Crippen LogP contribution in [0.25, 0.3) is 33.2 Å². The van der Waals surface area contributed by atoms with Crippen LogP contribution >= 0.6 is 23.2 Å². The number of carboxylic acid groups (broad SMARTS) is 1. The van der Waals surface area contributed by atoms with Gasteiger partial charge in [-0.15, -0.1) is 0 Å². The standard InChI is InChI=1S/C30H23Cl2NO4.Na.H/c1-17(2)29-24(28(33-37-29)27-25(31)7-4-8-26(27)32)16-36-21-12-9-18(10-13-21)19-11-14-22-20(15-19)5-3-6-23(22)30(34)35;;/h3-15,17H,16H2,1-2H3,(H,34,35);;. The fourth-order valence-corrected chi connectivity index (χ4v) is 4.96. The summed E-state index contributed by atoms with van der Waals surface area (Å²) < 4.78 is 11.8. The predicted molar refractivity (Wildman–Crippen MR) is 154 cm³/mol. The van der Waals surface area contributed by atoms with Crippen LogP contribution in [0.15, 0.2) is 83.4 Å². The summed E-state index contributed by atoms with van der Waals surface area (Å²) in [5.74, 6) is 0.565. The number of aromatic carboxylic acids is 1. The normalized spacial score (nSPS) is 11.0. The Hall–Kier alpha value is -2.80. The molecule has 0 radical (unpaired) electrons. The molecule has 0 unspecified atom stereocenters. The molecule has 0 bridgehead atoms. The number of aromatic nitrogens is 1. The van der Waals surface area contributed by atoms with Crippen LogP contribution in [0, 0.1) is 0 Å². The molecular weight excluding hydrogens is 532 g/mol. The van der Waals surface area contributed by atoms with E-state index in [4.69, 9.17) is 32.5 Å². The van der Waals surface area contributed by atoms with Crippen LogP contribution in [-0.2, 0) is 6.61 Å². The van der Waals surface area contributed by atoms with Crippen LogP contribution in [0.5, 0.6) is 5.75 Å². The number of hydrogen-bond donors (Lipinski definition) is 1. The number of rotatable bonds is 7. The summed E-state index contributed by atoms with van der Waals surface area (Å²) >= 11 is 12.9. The molecular formula is C30H24Cl2NNaO4. The van der Waals surface area contributed by atoms with Gasteiger partial charge >= 0.3 is 35.5 Å². The molecule has 1 heterocycles. The van der Waals surface area contributed by atoms with Crippen molar-refractivity contribution in [2.45, 2.75) is 26.4 Å². The average Bonchev–Trinajstić information content (AvgIpc) is 3.30. The number of fused-ring (bicyclic) bond motifs is 1. The Kier molecular flexibility index (Phi) is 8.86. The van der Waals surface area contributed by atoms with Crippen LogP contribution in [0.2, 0.25) is 10.0 Å². The summed E-state index contributed by atoms with van der Waals surface area (Å²) in [6.07, 6.45) is 0. The van der Waals surface area contributed by atoms with Gasteiger partial charge in [0.05, 0.1) is 21.2 Å². The van der Waals surface area contributed by atoms with E-state index in [1.165, 1.54) is 0 Å². The van der Waals surface area contributed by atoms with Crippen LogP contribution in [-0.4, -0.2) is 45.8 Å². The summed E-state index contributed by atoms with van der Waals surface area (Å²) in [6.45, 7) is 4.29. The maximum atomic E-state index is 11.5. The van der Waals surface area contributed by atoms with Gasteiger partial charge in [-0.05, 0) is 58.3 Å². The first kappa shape index (κ1) is 28.2. The number of hydrogen-bond acceptors (Lipinski definition) is 4. The van der Waals surface area contributed by atoms with E-state index in [-0.39, 0.29) is 42.1 Å². The van der Waals surface area contributed by atoms with Gasteiger partial charge in [-0.3, -0.25) is 0 Å². The van der Waals surface area contributed by atoms with Gasteiger partial charge in [-0.1, -0.05) is 84.7 Å². The third-order valence-corrected chi connectivity index (χ3v) is 6.85. The molecule has 4 aromatic carbocycles. The minimum absolute atomic E-state index is 0. The summed E-state index contributed by atoms with van der Waals surface area (Å²) in [5.41, 5.74) is 4.27. The van der Waals surface area contributed by atoms with Gasteiger partial charge in [0, 0.05) is 11.5 Å². The third-order valence-electron chi connectivity index (χ3n) is 6.22. The molecule has 0 saturated carbocycles. The molecule has 1 N–H and O–H groups in total. The minimum atomic E-state index is -0.937. The van der Waals surface area contributed by atoms with Gasteiger partial charge in [-0.2, -0.15) is 0 Å². The molecule has 0 aliphatic rings. The van der Waals surface area contributed by atoms with Gasteiger partial charge in [0.25, 0.3) is 0 Å². The van der Waals surface area contributed by atoms with Crippen molar-refractivity contribution in [2.24, 2.45) is 0 Å². The zero-order valence-corrected chi connectivity index (χ0v) is 21.7. The molecule has 8 heteroatoms. The van der Waals surface area contributed by atoms with Gasteiger partial charge in [0.2, 0.25) is 0 Å². The number of carbonyl (C=O) groups is 1. The van der Waals surface area contributed by atoms with E-state index in [1.807, 2.05) is 62.4 Å². The number of carboxylic acids is 1. The van der Waals surface area contributed by atoms with Crippen LogP contribution < -0.4 is 4.74 Å². The molecule has 0 amide bonds. The second-order valence-electron chi connectivity index (χ2n) is 8.99. The number of halogens is 2. The number of nitrogens with zero attached hydrogens (tertiary/aromatic N) is 1. The topological polar surface area (TPSA) is 72.6 Å². The first-order valence-electron chi connectivity index (χ1n) is 11.8. The van der Waals surface area contributed by atoms with E-state index >= 15 is 0 Å². The SMILES string of the molecule is CC(C)c1onc(-c2c(Cl)cccc2Cl)c1COc1ccc(-c2ccc3c(C(=O)O)cccc3c2)cc1.[NaH]. The molecule has 5 nitrogen and oxygen atoms in total. The van der Waals surface area contributed by atoms with Crippen molar-refractivity contribution in [3.05, 3.63) is 106 Å². The van der Waals surface area contributed by atoms with Crippen LogP contribution in [0.1, 0.15) is 41.4 Å². The van der Waals surface area contributed by atoms with E-state index in [1.54, 1.807) is 30.3 Å². The van der Waals surface area contributed by atoms with Gasteiger partial charge in [0.15, 0.2) is 0 Å². The summed E-state index contributed by atoms with van der Waals surface area (Å²) in [4.78, 5) is 11.5. The van der Waals surface area contributed by atoms with Crippen molar-refractivity contribution >= 4 is 69.5 Å². The van der Waals surface area contributed by atoms with Crippen molar-refractivity contribution in [1.29, 1.82) is 0 Å². The molecule has 188 valence electrons. The fourth-order valence-electron chi connectivity index (χ4n) is 4.38. The predicted octanol–water partition coefficient (Wildman–Crippen LogP) is 8.22. The first-order chi connectivity index (χ1) is 17.8. The number of ether oxygens (including phenoxy) is 1. The Morgan fingerprint density at radius 2 is 1.61 bits per heavy atom. The molecule has 5 aromatic rings. The first-order valence-corrected chi connectivity index (χ1v) is 12.5. The van der Waals surface area contributed by atoms with E-state index in [0.717, 1.165) is 27.8 Å². The third kappa shape index (κ3) is 5.63. The van der Waals surface area contributed by atoms with E-state index in [9.17, 15) is 9.90 Å². The Bertz CT molecular complexity index is 1590. The van der Waals surface area contributed by atoms with Crippen molar-refractivity contribution in [2.75, 3.05) is 0 Å². The Balaban J connectivity index is 0.00000336. The van der Waals surface area contributed by atoms with Crippen molar-refractivity contribution < 1.29 is 19.2 Å². The zero-order valence-electron chi connectivity index (χ0n) is 20.2. The number of benzene rings is 4. The molecule has 0 fully saturated rings. The molecule has 0 aliphatic heterocycles. The summed E-state index contributed by atoms with van der Waals surface area (Å²) in [5, 5.41) is 16.3. The summed E-state index contributed by atoms with van der Waals surface area (Å²) in [7, 11) is 0. The van der Waals surface area contributed by atoms with Crippen molar-refractivity contribution in [3.8, 4) is 28.1 Å². The Morgan fingerprint density at radius 3 is 2.26 bits per heavy atom. The second kappa shape index (κ2) is 11.9.